The number of rotatable bonds is 4. The lowest BCUT2D eigenvalue weighted by molar-refractivity contribution is -0.138. The highest BCUT2D eigenvalue weighted by molar-refractivity contribution is 14.1. The fraction of sp³-hybridized carbons (Fsp3) is 0.154. The lowest BCUT2D eigenvalue weighted by Crippen LogP contribution is -2.16. The summed E-state index contributed by atoms with van der Waals surface area (Å²) in [5, 5.41) is 11.9. The highest BCUT2D eigenvalue weighted by Gasteiger charge is 2.17. The quantitative estimate of drug-likeness (QED) is 0.418. The first-order chi connectivity index (χ1) is 9.92. The SMILES string of the molecule is COC(=O)/C=C(/Nc1c(I)cc(Br)cc1C#N)C(=O)OC. The Labute approximate surface area is 143 Å². The molecule has 0 aliphatic carbocycles. The van der Waals surface area contributed by atoms with E-state index in [9.17, 15) is 9.59 Å². The lowest BCUT2D eigenvalue weighted by atomic mass is 10.2. The van der Waals surface area contributed by atoms with Gasteiger partial charge in [0.15, 0.2) is 0 Å². The third-order valence-electron chi connectivity index (χ3n) is 2.30. The van der Waals surface area contributed by atoms with Gasteiger partial charge in [-0.1, -0.05) is 15.9 Å². The maximum atomic E-state index is 11.7. The van der Waals surface area contributed by atoms with Crippen LogP contribution < -0.4 is 5.32 Å². The molecule has 1 aromatic carbocycles. The van der Waals surface area contributed by atoms with Crippen molar-refractivity contribution in [1.82, 2.24) is 0 Å². The van der Waals surface area contributed by atoms with Gasteiger partial charge in [-0.05, 0) is 34.7 Å². The standard InChI is InChI=1S/C13H10BrIN2O4/c1-20-11(18)5-10(13(19)21-2)17-12-7(6-16)3-8(14)4-9(12)15/h3-5,17H,1-2H3/b10-5+. The Bertz CT molecular complexity index is 652. The third-order valence-corrected chi connectivity index (χ3v) is 3.61. The number of benzene rings is 1. The van der Waals surface area contributed by atoms with Gasteiger partial charge < -0.3 is 14.8 Å². The minimum atomic E-state index is -0.747. The maximum Gasteiger partial charge on any atom is 0.354 e. The summed E-state index contributed by atoms with van der Waals surface area (Å²) in [6.45, 7) is 0. The van der Waals surface area contributed by atoms with Crippen molar-refractivity contribution in [2.45, 2.75) is 0 Å². The van der Waals surface area contributed by atoms with Gasteiger partial charge in [0.25, 0.3) is 0 Å². The van der Waals surface area contributed by atoms with Crippen LogP contribution in [0.5, 0.6) is 0 Å². The van der Waals surface area contributed by atoms with Gasteiger partial charge in [-0.25, -0.2) is 9.59 Å². The molecule has 0 unspecified atom stereocenters. The average molecular weight is 465 g/mol. The maximum absolute atomic E-state index is 11.7. The molecule has 0 heterocycles. The molecule has 21 heavy (non-hydrogen) atoms. The first-order valence-corrected chi connectivity index (χ1v) is 7.34. The molecule has 1 rings (SSSR count). The molecule has 8 heteroatoms. The second-order valence-electron chi connectivity index (χ2n) is 3.62. The first kappa shape index (κ1) is 17.5. The van der Waals surface area contributed by atoms with E-state index in [2.05, 4.69) is 30.7 Å². The molecule has 1 N–H and O–H groups in total. The molecule has 0 aliphatic rings. The van der Waals surface area contributed by atoms with Crippen LogP contribution in [0.25, 0.3) is 0 Å². The van der Waals surface area contributed by atoms with Crippen LogP contribution >= 0.6 is 38.5 Å². The predicted octanol–water partition coefficient (Wildman–Crippen LogP) is 2.57. The molecule has 0 saturated heterocycles. The molecule has 0 radical (unpaired) electrons. The summed E-state index contributed by atoms with van der Waals surface area (Å²) in [5.41, 5.74) is 0.594. The minimum absolute atomic E-state index is 0.124. The number of ether oxygens (including phenoxy) is 2. The third kappa shape index (κ3) is 4.71. The number of esters is 2. The molecular formula is C13H10BrIN2O4. The lowest BCUT2D eigenvalue weighted by Gasteiger charge is -2.12. The molecule has 0 spiro atoms. The van der Waals surface area contributed by atoms with E-state index in [1.165, 1.54) is 14.2 Å². The van der Waals surface area contributed by atoms with Crippen molar-refractivity contribution in [2.75, 3.05) is 19.5 Å². The van der Waals surface area contributed by atoms with Gasteiger partial charge >= 0.3 is 11.9 Å². The van der Waals surface area contributed by atoms with E-state index in [0.717, 1.165) is 10.5 Å². The molecule has 1 aromatic rings. The van der Waals surface area contributed by atoms with E-state index in [4.69, 9.17) is 5.26 Å². The molecule has 6 nitrogen and oxygen atoms in total. The Balaban J connectivity index is 3.28. The van der Waals surface area contributed by atoms with Crippen LogP contribution in [0.3, 0.4) is 0 Å². The molecule has 0 fully saturated rings. The number of nitrogens with zero attached hydrogens (tertiary/aromatic N) is 1. The molecule has 0 atom stereocenters. The zero-order valence-electron chi connectivity index (χ0n) is 11.1. The number of carbonyl (C=O) groups is 2. The van der Waals surface area contributed by atoms with E-state index < -0.39 is 11.9 Å². The van der Waals surface area contributed by atoms with Crippen LogP contribution in [-0.4, -0.2) is 26.2 Å². The van der Waals surface area contributed by atoms with Crippen molar-refractivity contribution in [3.63, 3.8) is 0 Å². The van der Waals surface area contributed by atoms with Crippen LogP contribution in [0, 0.1) is 14.9 Å². The highest BCUT2D eigenvalue weighted by atomic mass is 127. The predicted molar refractivity (Wildman–Crippen MR) is 87.3 cm³/mol. The number of hydrogen-bond acceptors (Lipinski definition) is 6. The fourth-order valence-electron chi connectivity index (χ4n) is 1.36. The molecular weight excluding hydrogens is 455 g/mol. The Morgan fingerprint density at radius 3 is 2.57 bits per heavy atom. The Hall–Kier alpha value is -1.60. The van der Waals surface area contributed by atoms with Crippen molar-refractivity contribution in [3.05, 3.63) is 37.5 Å². The van der Waals surface area contributed by atoms with E-state index in [1.807, 2.05) is 28.7 Å². The summed E-state index contributed by atoms with van der Waals surface area (Å²) in [6.07, 6.45) is 0.963. The average Bonchev–Trinajstić information content (AvgIpc) is 2.47. The molecule has 0 saturated carbocycles. The Kier molecular flexibility index (Phi) is 6.64. The smallest absolute Gasteiger partial charge is 0.354 e. The number of carbonyl (C=O) groups excluding carboxylic acids is 2. The normalized spacial score (nSPS) is 10.5. The van der Waals surface area contributed by atoms with Crippen LogP contribution in [-0.2, 0) is 19.1 Å². The number of halogens is 2. The van der Waals surface area contributed by atoms with Crippen LogP contribution in [0.1, 0.15) is 5.56 Å². The molecule has 0 aromatic heterocycles. The monoisotopic (exact) mass is 464 g/mol. The van der Waals surface area contributed by atoms with Crippen molar-refractivity contribution in [1.29, 1.82) is 5.26 Å². The van der Waals surface area contributed by atoms with Crippen molar-refractivity contribution in [3.8, 4) is 6.07 Å². The van der Waals surface area contributed by atoms with Gasteiger partial charge in [-0.15, -0.1) is 0 Å². The summed E-state index contributed by atoms with van der Waals surface area (Å²) in [4.78, 5) is 23.0. The van der Waals surface area contributed by atoms with Gasteiger partial charge in [-0.2, -0.15) is 5.26 Å². The first-order valence-electron chi connectivity index (χ1n) is 5.47. The zero-order valence-corrected chi connectivity index (χ0v) is 14.8. The molecule has 0 bridgehead atoms. The van der Waals surface area contributed by atoms with Crippen LogP contribution in [0.4, 0.5) is 5.69 Å². The Morgan fingerprint density at radius 1 is 1.38 bits per heavy atom. The molecule has 110 valence electrons. The summed E-state index contributed by atoms with van der Waals surface area (Å²) < 4.78 is 10.5. The van der Waals surface area contributed by atoms with Gasteiger partial charge in [-0.3, -0.25) is 0 Å². The number of anilines is 1. The number of hydrogen-bond donors (Lipinski definition) is 1. The largest absolute Gasteiger partial charge is 0.466 e. The minimum Gasteiger partial charge on any atom is -0.466 e. The molecule has 0 amide bonds. The van der Waals surface area contributed by atoms with Crippen LogP contribution in [0.15, 0.2) is 28.4 Å². The van der Waals surface area contributed by atoms with Gasteiger partial charge in [0.2, 0.25) is 0 Å². The topological polar surface area (TPSA) is 88.4 Å². The van der Waals surface area contributed by atoms with Gasteiger partial charge in [0.05, 0.1) is 31.5 Å². The van der Waals surface area contributed by atoms with Crippen molar-refractivity contribution >= 4 is 56.1 Å². The second-order valence-corrected chi connectivity index (χ2v) is 5.70. The van der Waals surface area contributed by atoms with Crippen molar-refractivity contribution < 1.29 is 19.1 Å². The summed E-state index contributed by atoms with van der Waals surface area (Å²) in [6, 6.07) is 5.37. The molecule has 0 aliphatic heterocycles. The zero-order chi connectivity index (χ0) is 16.0. The second kappa shape index (κ2) is 7.99. The van der Waals surface area contributed by atoms with E-state index in [1.54, 1.807) is 12.1 Å². The number of nitriles is 1. The van der Waals surface area contributed by atoms with E-state index >= 15 is 0 Å². The van der Waals surface area contributed by atoms with Gasteiger partial charge in [0, 0.05) is 8.04 Å². The number of methoxy groups -OCH3 is 2. The van der Waals surface area contributed by atoms with Crippen LogP contribution in [0.2, 0.25) is 0 Å². The summed E-state index contributed by atoms with van der Waals surface area (Å²) in [5.74, 6) is -1.46. The van der Waals surface area contributed by atoms with Gasteiger partial charge in [0.1, 0.15) is 11.8 Å². The van der Waals surface area contributed by atoms with E-state index in [-0.39, 0.29) is 5.70 Å². The Morgan fingerprint density at radius 2 is 2.05 bits per heavy atom. The highest BCUT2D eigenvalue weighted by Crippen LogP contribution is 2.28. The fourth-order valence-corrected chi connectivity index (χ4v) is 3.00. The summed E-state index contributed by atoms with van der Waals surface area (Å²) >= 11 is 5.29. The number of nitrogens with one attached hydrogen (secondary N) is 1. The summed E-state index contributed by atoms with van der Waals surface area (Å²) in [7, 11) is 2.38. The van der Waals surface area contributed by atoms with E-state index in [0.29, 0.717) is 14.8 Å². The van der Waals surface area contributed by atoms with Crippen molar-refractivity contribution in [2.24, 2.45) is 0 Å².